The minimum atomic E-state index is -4.45. The van der Waals surface area contributed by atoms with Crippen LogP contribution in [0.5, 0.6) is 0 Å². The van der Waals surface area contributed by atoms with Crippen molar-refractivity contribution in [3.05, 3.63) is 76.5 Å². The van der Waals surface area contributed by atoms with Crippen LogP contribution in [0.1, 0.15) is 16.2 Å². The molecule has 0 amide bonds. The van der Waals surface area contributed by atoms with Crippen molar-refractivity contribution in [1.82, 2.24) is 19.5 Å². The molecule has 4 rings (SSSR count). The topological polar surface area (TPSA) is 89.9 Å². The number of fused-ring (bicyclic) bond motifs is 1. The van der Waals surface area contributed by atoms with Gasteiger partial charge >= 0.3 is 12.1 Å². The van der Waals surface area contributed by atoms with Crippen molar-refractivity contribution in [3.8, 4) is 11.3 Å². The Morgan fingerprint density at radius 2 is 1.94 bits per heavy atom. The fraction of sp³-hybridized carbons (Fsp3) is 0.182. The second-order valence-electron chi connectivity index (χ2n) is 7.02. The van der Waals surface area contributed by atoms with Crippen LogP contribution in [0, 0.1) is 0 Å². The molecule has 0 fully saturated rings. The summed E-state index contributed by atoms with van der Waals surface area (Å²) in [6.45, 7) is -1.20. The van der Waals surface area contributed by atoms with E-state index >= 15 is 0 Å². The van der Waals surface area contributed by atoms with Gasteiger partial charge in [0.15, 0.2) is 5.16 Å². The third-order valence-electron chi connectivity index (χ3n) is 4.74. The predicted molar refractivity (Wildman–Crippen MR) is 117 cm³/mol. The molecule has 0 radical (unpaired) electrons. The van der Waals surface area contributed by atoms with Gasteiger partial charge in [-0.3, -0.25) is 4.79 Å². The van der Waals surface area contributed by atoms with Gasteiger partial charge in [-0.2, -0.15) is 13.2 Å². The van der Waals surface area contributed by atoms with Gasteiger partial charge in [-0.15, -0.1) is 0 Å². The Hall–Kier alpha value is -3.60. The van der Waals surface area contributed by atoms with Gasteiger partial charge in [0.1, 0.15) is 12.4 Å². The smallest absolute Gasteiger partial charge is 0.406 e. The monoisotopic (exact) mass is 474 g/mol. The summed E-state index contributed by atoms with van der Waals surface area (Å²) in [5, 5.41) is 0.415. The number of benzene rings is 2. The molecule has 11 heteroatoms. The highest BCUT2D eigenvalue weighted by molar-refractivity contribution is 7.98. The number of alkyl halides is 3. The van der Waals surface area contributed by atoms with Gasteiger partial charge in [0, 0.05) is 0 Å². The molecule has 0 saturated heterocycles. The van der Waals surface area contributed by atoms with Crippen LogP contribution in [0.15, 0.2) is 64.7 Å². The minimum absolute atomic E-state index is 0.0662. The first-order chi connectivity index (χ1) is 15.7. The molecule has 0 aliphatic carbocycles. The third kappa shape index (κ3) is 5.08. The number of halogens is 3. The molecule has 2 aromatic heterocycles. The van der Waals surface area contributed by atoms with E-state index in [0.29, 0.717) is 11.3 Å². The summed E-state index contributed by atoms with van der Waals surface area (Å²) in [5.74, 6) is -0.267. The highest BCUT2D eigenvalue weighted by Gasteiger charge is 2.31. The molecule has 7 nitrogen and oxygen atoms in total. The van der Waals surface area contributed by atoms with Gasteiger partial charge in [-0.05, 0) is 23.8 Å². The Bertz CT molecular complexity index is 1370. The lowest BCUT2D eigenvalue weighted by Gasteiger charge is -2.14. The molecule has 0 spiro atoms. The number of aromatic nitrogens is 4. The van der Waals surface area contributed by atoms with Gasteiger partial charge in [-0.25, -0.2) is 14.8 Å². The number of ether oxygens (including phenoxy) is 1. The van der Waals surface area contributed by atoms with Crippen LogP contribution in [-0.4, -0.2) is 38.8 Å². The Balaban J connectivity index is 1.65. The highest BCUT2D eigenvalue weighted by Crippen LogP contribution is 2.31. The average molecular weight is 474 g/mol. The SMILES string of the molecule is COC(=O)c1ccc2c(=O)[nH]c(CSc3ncc(-c4ccccc4)n3CC(F)(F)F)nc2c1. The van der Waals surface area contributed by atoms with E-state index in [-0.39, 0.29) is 33.2 Å². The van der Waals surface area contributed by atoms with Crippen LogP contribution in [0.25, 0.3) is 22.2 Å². The van der Waals surface area contributed by atoms with E-state index in [9.17, 15) is 22.8 Å². The van der Waals surface area contributed by atoms with E-state index in [2.05, 4.69) is 19.7 Å². The van der Waals surface area contributed by atoms with Crippen molar-refractivity contribution in [2.45, 2.75) is 23.6 Å². The molecule has 0 aliphatic heterocycles. The van der Waals surface area contributed by atoms with Crippen LogP contribution in [0.2, 0.25) is 0 Å². The molecule has 0 aliphatic rings. The minimum Gasteiger partial charge on any atom is -0.465 e. The molecular weight excluding hydrogens is 457 g/mol. The van der Waals surface area contributed by atoms with Crippen LogP contribution < -0.4 is 5.56 Å². The number of imidazole rings is 1. The molecule has 2 aromatic carbocycles. The zero-order valence-corrected chi connectivity index (χ0v) is 18.0. The number of esters is 1. The van der Waals surface area contributed by atoms with E-state index in [1.165, 1.54) is 31.5 Å². The summed E-state index contributed by atoms with van der Waals surface area (Å²) < 4.78 is 45.6. The maximum atomic E-state index is 13.3. The van der Waals surface area contributed by atoms with Crippen molar-refractivity contribution >= 4 is 28.6 Å². The van der Waals surface area contributed by atoms with Crippen molar-refractivity contribution in [1.29, 1.82) is 0 Å². The lowest BCUT2D eigenvalue weighted by molar-refractivity contribution is -0.141. The standard InChI is InChI=1S/C22H17F3N4O3S/c1-32-20(31)14-7-8-15-16(9-14)27-18(28-19(15)30)11-33-21-26-10-17(13-5-3-2-4-6-13)29(21)12-22(23,24)25/h2-10H,11-12H2,1H3,(H,27,28,30). The number of aromatic amines is 1. The number of carbonyl (C=O) groups is 1. The number of methoxy groups -OCH3 is 1. The Morgan fingerprint density at radius 1 is 1.18 bits per heavy atom. The first-order valence-electron chi connectivity index (χ1n) is 9.67. The summed E-state index contributed by atoms with van der Waals surface area (Å²) in [6, 6.07) is 13.0. The maximum Gasteiger partial charge on any atom is 0.406 e. The van der Waals surface area contributed by atoms with Crippen molar-refractivity contribution < 1.29 is 22.7 Å². The molecule has 2 heterocycles. The largest absolute Gasteiger partial charge is 0.465 e. The van der Waals surface area contributed by atoms with E-state index in [0.717, 1.165) is 16.3 Å². The van der Waals surface area contributed by atoms with E-state index in [1.807, 2.05) is 0 Å². The Labute approximate surface area is 189 Å². The molecule has 0 saturated carbocycles. The van der Waals surface area contributed by atoms with Crippen LogP contribution in [-0.2, 0) is 17.0 Å². The van der Waals surface area contributed by atoms with Gasteiger partial charge in [-0.1, -0.05) is 42.1 Å². The number of thioether (sulfide) groups is 1. The second-order valence-corrected chi connectivity index (χ2v) is 7.96. The van der Waals surface area contributed by atoms with Crippen molar-refractivity contribution in [3.63, 3.8) is 0 Å². The molecule has 4 aromatic rings. The quantitative estimate of drug-likeness (QED) is 0.329. The number of nitrogens with one attached hydrogen (secondary N) is 1. The number of H-pyrrole nitrogens is 1. The summed E-state index contributed by atoms with van der Waals surface area (Å²) in [7, 11) is 1.24. The molecule has 0 bridgehead atoms. The fourth-order valence-electron chi connectivity index (χ4n) is 3.28. The fourth-order valence-corrected chi connectivity index (χ4v) is 4.13. The summed E-state index contributed by atoms with van der Waals surface area (Å²) in [6.07, 6.45) is -3.05. The first-order valence-corrected chi connectivity index (χ1v) is 10.7. The molecule has 0 unspecified atom stereocenters. The second kappa shape index (κ2) is 9.10. The van der Waals surface area contributed by atoms with Crippen LogP contribution in [0.3, 0.4) is 0 Å². The summed E-state index contributed by atoms with van der Waals surface area (Å²) >= 11 is 1.02. The normalized spacial score (nSPS) is 11.6. The lowest BCUT2D eigenvalue weighted by atomic mass is 10.1. The first kappa shape index (κ1) is 22.6. The zero-order valence-electron chi connectivity index (χ0n) is 17.2. The zero-order chi connectivity index (χ0) is 23.6. The highest BCUT2D eigenvalue weighted by atomic mass is 32.2. The number of rotatable bonds is 6. The predicted octanol–water partition coefficient (Wildman–Crippen LogP) is 4.43. The van der Waals surface area contributed by atoms with E-state index in [4.69, 9.17) is 0 Å². The van der Waals surface area contributed by atoms with Gasteiger partial charge in [0.25, 0.3) is 5.56 Å². The van der Waals surface area contributed by atoms with Crippen LogP contribution >= 0.6 is 11.8 Å². The molecule has 33 heavy (non-hydrogen) atoms. The molecular formula is C22H17F3N4O3S. The number of carbonyl (C=O) groups excluding carboxylic acids is 1. The average Bonchev–Trinajstić information content (AvgIpc) is 3.18. The van der Waals surface area contributed by atoms with Gasteiger partial charge in [0.05, 0.1) is 41.2 Å². The third-order valence-corrected chi connectivity index (χ3v) is 5.74. The number of nitrogens with zero attached hydrogens (tertiary/aromatic N) is 3. The van der Waals surface area contributed by atoms with Crippen molar-refractivity contribution in [2.75, 3.05) is 7.11 Å². The molecule has 1 N–H and O–H groups in total. The van der Waals surface area contributed by atoms with Gasteiger partial charge in [0.2, 0.25) is 0 Å². The number of hydrogen-bond donors (Lipinski definition) is 1. The molecule has 0 atom stereocenters. The van der Waals surface area contributed by atoms with Crippen molar-refractivity contribution in [2.24, 2.45) is 0 Å². The number of hydrogen-bond acceptors (Lipinski definition) is 6. The summed E-state index contributed by atoms with van der Waals surface area (Å²) in [4.78, 5) is 35.3. The van der Waals surface area contributed by atoms with Gasteiger partial charge < -0.3 is 14.3 Å². The molecule has 170 valence electrons. The Kier molecular flexibility index (Phi) is 6.23. The van der Waals surface area contributed by atoms with E-state index in [1.54, 1.807) is 30.3 Å². The maximum absolute atomic E-state index is 13.3. The van der Waals surface area contributed by atoms with Crippen LogP contribution in [0.4, 0.5) is 13.2 Å². The lowest BCUT2D eigenvalue weighted by Crippen LogP contribution is -2.19. The van der Waals surface area contributed by atoms with E-state index < -0.39 is 24.2 Å². The summed E-state index contributed by atoms with van der Waals surface area (Å²) in [5.41, 5.74) is 1.03. The Morgan fingerprint density at radius 3 is 2.64 bits per heavy atom.